The first-order valence-corrected chi connectivity index (χ1v) is 3.60. The molecule has 1 aromatic carbocycles. The number of anilines is 1. The van der Waals surface area contributed by atoms with E-state index in [9.17, 15) is 4.79 Å². The summed E-state index contributed by atoms with van der Waals surface area (Å²) in [6, 6.07) is 6.70. The van der Waals surface area contributed by atoms with Gasteiger partial charge in [0.1, 0.15) is 5.75 Å². The second kappa shape index (κ2) is 4.15. The van der Waals surface area contributed by atoms with Crippen LogP contribution in [0, 0.1) is 0 Å². The van der Waals surface area contributed by atoms with Gasteiger partial charge in [0.2, 0.25) is 0 Å². The predicted octanol–water partition coefficient (Wildman–Crippen LogP) is 2.30. The van der Waals surface area contributed by atoms with Crippen molar-refractivity contribution in [1.29, 1.82) is 0 Å². The minimum Gasteiger partial charge on any atom is -0.465 e. The first-order valence-electron chi connectivity index (χ1n) is 3.60. The van der Waals surface area contributed by atoms with Crippen molar-refractivity contribution in [1.82, 2.24) is 0 Å². The number of benzene rings is 1. The summed E-state index contributed by atoms with van der Waals surface area (Å²) in [6.07, 6.45) is 0.114. The Balaban J connectivity index is 2.90. The van der Waals surface area contributed by atoms with E-state index < -0.39 is 6.09 Å². The molecule has 0 fully saturated rings. The average Bonchev–Trinajstić information content (AvgIpc) is 2.08. The number of para-hydroxylation sites is 2. The molecule has 68 valence electrons. The number of carbonyl (C=O) groups is 1. The summed E-state index contributed by atoms with van der Waals surface area (Å²) in [5, 5.41) is 10.7. The topological polar surface area (TPSA) is 58.6 Å². The van der Waals surface area contributed by atoms with Crippen molar-refractivity contribution in [3.05, 3.63) is 37.1 Å². The normalized spacial score (nSPS) is 8.92. The molecule has 4 nitrogen and oxygen atoms in total. The summed E-state index contributed by atoms with van der Waals surface area (Å²) in [4.78, 5) is 10.3. The number of ether oxygens (including phenoxy) is 1. The molecule has 0 saturated heterocycles. The van der Waals surface area contributed by atoms with Crippen molar-refractivity contribution >= 4 is 11.8 Å². The molecule has 0 aliphatic heterocycles. The van der Waals surface area contributed by atoms with E-state index in [0.717, 1.165) is 0 Å². The Kier molecular flexibility index (Phi) is 2.92. The molecular weight excluding hydrogens is 170 g/mol. The standard InChI is InChI=1S/C9H9NO3/c1-2-13-8-6-4-3-5-7(8)10-9(11)12/h2-6,10H,1H2,(H,11,12). The van der Waals surface area contributed by atoms with Crippen LogP contribution in [0.1, 0.15) is 0 Å². The molecule has 1 aromatic rings. The lowest BCUT2D eigenvalue weighted by Crippen LogP contribution is -2.07. The Bertz CT molecular complexity index is 322. The molecule has 0 aliphatic rings. The van der Waals surface area contributed by atoms with Crippen LogP contribution in [0.15, 0.2) is 37.1 Å². The summed E-state index contributed by atoms with van der Waals surface area (Å²) in [7, 11) is 0. The van der Waals surface area contributed by atoms with Crippen molar-refractivity contribution in [2.24, 2.45) is 0 Å². The molecule has 0 atom stereocenters. The van der Waals surface area contributed by atoms with Crippen LogP contribution >= 0.6 is 0 Å². The summed E-state index contributed by atoms with van der Waals surface area (Å²) < 4.78 is 4.98. The number of nitrogens with one attached hydrogen (secondary N) is 1. The lowest BCUT2D eigenvalue weighted by atomic mass is 10.3. The van der Waals surface area contributed by atoms with E-state index in [1.165, 1.54) is 6.26 Å². The zero-order chi connectivity index (χ0) is 9.68. The van der Waals surface area contributed by atoms with Gasteiger partial charge in [-0.15, -0.1) is 0 Å². The fourth-order valence-electron chi connectivity index (χ4n) is 0.878. The van der Waals surface area contributed by atoms with Crippen LogP contribution in [-0.2, 0) is 0 Å². The van der Waals surface area contributed by atoms with Crippen molar-refractivity contribution in [2.75, 3.05) is 5.32 Å². The quantitative estimate of drug-likeness (QED) is 0.700. The van der Waals surface area contributed by atoms with Crippen LogP contribution < -0.4 is 10.1 Å². The van der Waals surface area contributed by atoms with Gasteiger partial charge in [-0.1, -0.05) is 18.7 Å². The maximum absolute atomic E-state index is 10.3. The number of hydrogen-bond acceptors (Lipinski definition) is 2. The molecule has 0 heterocycles. The van der Waals surface area contributed by atoms with Gasteiger partial charge in [-0.05, 0) is 12.1 Å². The smallest absolute Gasteiger partial charge is 0.409 e. The summed E-state index contributed by atoms with van der Waals surface area (Å²) >= 11 is 0. The van der Waals surface area contributed by atoms with Gasteiger partial charge in [0.05, 0.1) is 11.9 Å². The van der Waals surface area contributed by atoms with Crippen LogP contribution in [0.4, 0.5) is 10.5 Å². The predicted molar refractivity (Wildman–Crippen MR) is 48.9 cm³/mol. The van der Waals surface area contributed by atoms with E-state index in [1.807, 2.05) is 0 Å². The molecule has 1 rings (SSSR count). The molecule has 2 N–H and O–H groups in total. The van der Waals surface area contributed by atoms with Gasteiger partial charge < -0.3 is 9.84 Å². The molecule has 0 unspecified atom stereocenters. The van der Waals surface area contributed by atoms with E-state index in [1.54, 1.807) is 24.3 Å². The highest BCUT2D eigenvalue weighted by Gasteiger charge is 2.03. The monoisotopic (exact) mass is 179 g/mol. The Morgan fingerprint density at radius 2 is 2.23 bits per heavy atom. The molecule has 0 aliphatic carbocycles. The molecule has 0 radical (unpaired) electrons. The Hall–Kier alpha value is -1.97. The lowest BCUT2D eigenvalue weighted by Gasteiger charge is -2.06. The second-order valence-corrected chi connectivity index (χ2v) is 2.21. The largest absolute Gasteiger partial charge is 0.465 e. The van der Waals surface area contributed by atoms with Gasteiger partial charge in [-0.3, -0.25) is 5.32 Å². The van der Waals surface area contributed by atoms with Gasteiger partial charge in [0.25, 0.3) is 0 Å². The van der Waals surface area contributed by atoms with Gasteiger partial charge in [-0.25, -0.2) is 4.79 Å². The summed E-state index contributed by atoms with van der Waals surface area (Å²) in [5.74, 6) is 0.430. The van der Waals surface area contributed by atoms with Crippen molar-refractivity contribution in [3.8, 4) is 5.75 Å². The molecule has 0 bridgehead atoms. The average molecular weight is 179 g/mol. The highest BCUT2D eigenvalue weighted by Crippen LogP contribution is 2.23. The van der Waals surface area contributed by atoms with Crippen molar-refractivity contribution in [2.45, 2.75) is 0 Å². The number of carboxylic acid groups (broad SMARTS) is 1. The van der Waals surface area contributed by atoms with E-state index in [-0.39, 0.29) is 0 Å². The van der Waals surface area contributed by atoms with Crippen LogP contribution in [-0.4, -0.2) is 11.2 Å². The number of amides is 1. The Morgan fingerprint density at radius 3 is 2.85 bits per heavy atom. The van der Waals surface area contributed by atoms with E-state index >= 15 is 0 Å². The third-order valence-electron chi connectivity index (χ3n) is 1.34. The van der Waals surface area contributed by atoms with E-state index in [0.29, 0.717) is 11.4 Å². The second-order valence-electron chi connectivity index (χ2n) is 2.21. The fraction of sp³-hybridized carbons (Fsp3) is 0. The van der Waals surface area contributed by atoms with Crippen LogP contribution in [0.5, 0.6) is 5.75 Å². The van der Waals surface area contributed by atoms with Crippen LogP contribution in [0.25, 0.3) is 0 Å². The Morgan fingerprint density at radius 1 is 1.54 bits per heavy atom. The number of rotatable bonds is 3. The maximum atomic E-state index is 10.3. The minimum atomic E-state index is -1.12. The number of hydrogen-bond donors (Lipinski definition) is 2. The third-order valence-corrected chi connectivity index (χ3v) is 1.34. The Labute approximate surface area is 75.5 Å². The molecule has 0 aromatic heterocycles. The van der Waals surface area contributed by atoms with E-state index in [2.05, 4.69) is 11.9 Å². The van der Waals surface area contributed by atoms with Crippen LogP contribution in [0.3, 0.4) is 0 Å². The SMILES string of the molecule is C=COc1ccccc1NC(=O)O. The maximum Gasteiger partial charge on any atom is 0.409 e. The van der Waals surface area contributed by atoms with Gasteiger partial charge >= 0.3 is 6.09 Å². The van der Waals surface area contributed by atoms with Crippen molar-refractivity contribution < 1.29 is 14.6 Å². The highest BCUT2D eigenvalue weighted by molar-refractivity contribution is 5.85. The molecule has 1 amide bonds. The molecule has 0 saturated carbocycles. The van der Waals surface area contributed by atoms with Crippen LogP contribution in [0.2, 0.25) is 0 Å². The van der Waals surface area contributed by atoms with Gasteiger partial charge in [-0.2, -0.15) is 0 Å². The molecule has 13 heavy (non-hydrogen) atoms. The summed E-state index contributed by atoms with van der Waals surface area (Å²) in [6.45, 7) is 3.38. The van der Waals surface area contributed by atoms with Gasteiger partial charge in [0, 0.05) is 0 Å². The molecular formula is C9H9NO3. The summed E-state index contributed by atoms with van der Waals surface area (Å²) in [5.41, 5.74) is 0.398. The van der Waals surface area contributed by atoms with E-state index in [4.69, 9.17) is 9.84 Å². The van der Waals surface area contributed by atoms with Crippen molar-refractivity contribution in [3.63, 3.8) is 0 Å². The zero-order valence-corrected chi connectivity index (χ0v) is 6.86. The lowest BCUT2D eigenvalue weighted by molar-refractivity contribution is 0.209. The molecule has 0 spiro atoms. The molecule has 4 heteroatoms. The highest BCUT2D eigenvalue weighted by atomic mass is 16.5. The third kappa shape index (κ3) is 2.52. The minimum absolute atomic E-state index is 0.398. The first kappa shape index (κ1) is 9.12. The van der Waals surface area contributed by atoms with Gasteiger partial charge in [0.15, 0.2) is 0 Å². The first-order chi connectivity index (χ1) is 6.24. The zero-order valence-electron chi connectivity index (χ0n) is 6.86. The fourth-order valence-corrected chi connectivity index (χ4v) is 0.878.